The maximum atomic E-state index is 13.8. The number of benzene rings is 2. The Kier molecular flexibility index (Phi) is 5.59. The quantitative estimate of drug-likeness (QED) is 0.869. The van der Waals surface area contributed by atoms with Gasteiger partial charge in [-0.1, -0.05) is 18.2 Å². The molecule has 0 bridgehead atoms. The summed E-state index contributed by atoms with van der Waals surface area (Å²) in [5.74, 6) is -1.11. The monoisotopic (exact) mass is 391 g/mol. The summed E-state index contributed by atoms with van der Waals surface area (Å²) in [6.07, 6.45) is 0. The molecule has 0 saturated carbocycles. The Morgan fingerprint density at radius 1 is 1.07 bits per heavy atom. The predicted molar refractivity (Wildman–Crippen MR) is 102 cm³/mol. The van der Waals surface area contributed by atoms with Gasteiger partial charge in [-0.2, -0.15) is 4.31 Å². The zero-order valence-corrected chi connectivity index (χ0v) is 16.1. The molecule has 0 aliphatic carbocycles. The van der Waals surface area contributed by atoms with E-state index < -0.39 is 21.7 Å². The van der Waals surface area contributed by atoms with Crippen LogP contribution in [0.25, 0.3) is 0 Å². The van der Waals surface area contributed by atoms with Gasteiger partial charge < -0.3 is 10.2 Å². The van der Waals surface area contributed by atoms with Crippen molar-refractivity contribution >= 4 is 21.6 Å². The molecule has 1 heterocycles. The summed E-state index contributed by atoms with van der Waals surface area (Å²) in [4.78, 5) is 14.7. The lowest BCUT2D eigenvalue weighted by molar-refractivity contribution is 0.102. The van der Waals surface area contributed by atoms with Crippen molar-refractivity contribution < 1.29 is 17.6 Å². The van der Waals surface area contributed by atoms with Crippen molar-refractivity contribution in [1.29, 1.82) is 0 Å². The number of nitrogens with one attached hydrogen (secondary N) is 1. The van der Waals surface area contributed by atoms with Crippen molar-refractivity contribution in [3.05, 3.63) is 59.4 Å². The van der Waals surface area contributed by atoms with Gasteiger partial charge in [0.15, 0.2) is 0 Å². The molecule has 1 amide bonds. The highest BCUT2D eigenvalue weighted by Crippen LogP contribution is 2.23. The van der Waals surface area contributed by atoms with Gasteiger partial charge in [-0.15, -0.1) is 0 Å². The van der Waals surface area contributed by atoms with E-state index in [0.29, 0.717) is 31.7 Å². The molecule has 0 aromatic heterocycles. The Morgan fingerprint density at radius 2 is 1.74 bits per heavy atom. The van der Waals surface area contributed by atoms with Crippen LogP contribution in [0.3, 0.4) is 0 Å². The Bertz CT molecular complexity index is 954. The van der Waals surface area contributed by atoms with E-state index in [9.17, 15) is 17.6 Å². The minimum atomic E-state index is -3.70. The molecule has 1 aliphatic rings. The standard InChI is InChI=1S/C19H22FN3O3S/c1-14-7-8-15(19(24)21-17-6-4-3-5-16(17)20)13-18(14)27(25,26)23-11-9-22(2)10-12-23/h3-8,13H,9-12H2,1-2H3,(H,21,24). The second kappa shape index (κ2) is 7.75. The fourth-order valence-electron chi connectivity index (χ4n) is 2.94. The highest BCUT2D eigenvalue weighted by Gasteiger charge is 2.29. The molecule has 1 N–H and O–H groups in total. The molecule has 2 aromatic carbocycles. The van der Waals surface area contributed by atoms with Crippen LogP contribution in [-0.4, -0.2) is 56.8 Å². The molecule has 144 valence electrons. The number of carbonyl (C=O) groups is 1. The number of carbonyl (C=O) groups excluding carboxylic acids is 1. The average Bonchev–Trinajstić information content (AvgIpc) is 2.64. The lowest BCUT2D eigenvalue weighted by Gasteiger charge is -2.32. The summed E-state index contributed by atoms with van der Waals surface area (Å²) in [7, 11) is -1.75. The minimum absolute atomic E-state index is 0.0477. The number of halogens is 1. The zero-order valence-electron chi connectivity index (χ0n) is 15.3. The Morgan fingerprint density at radius 3 is 2.41 bits per heavy atom. The van der Waals surface area contributed by atoms with Gasteiger partial charge in [0.25, 0.3) is 5.91 Å². The summed E-state index contributed by atoms with van der Waals surface area (Å²) in [6, 6.07) is 10.3. The fraction of sp³-hybridized carbons (Fsp3) is 0.316. The largest absolute Gasteiger partial charge is 0.319 e. The number of sulfonamides is 1. The number of rotatable bonds is 4. The highest BCUT2D eigenvalue weighted by molar-refractivity contribution is 7.89. The first-order valence-corrected chi connectivity index (χ1v) is 10.1. The maximum absolute atomic E-state index is 13.8. The van der Waals surface area contributed by atoms with Crippen LogP contribution in [0, 0.1) is 12.7 Å². The van der Waals surface area contributed by atoms with E-state index in [2.05, 4.69) is 10.2 Å². The summed E-state index contributed by atoms with van der Waals surface area (Å²) in [6.45, 7) is 3.83. The number of likely N-dealkylation sites (N-methyl/N-ethyl adjacent to an activating group) is 1. The lowest BCUT2D eigenvalue weighted by atomic mass is 10.1. The molecular formula is C19H22FN3O3S. The molecule has 3 rings (SSSR count). The number of nitrogens with zero attached hydrogens (tertiary/aromatic N) is 2. The molecule has 6 nitrogen and oxygen atoms in total. The first-order valence-electron chi connectivity index (χ1n) is 8.64. The van der Waals surface area contributed by atoms with Crippen LogP contribution in [-0.2, 0) is 10.0 Å². The smallest absolute Gasteiger partial charge is 0.255 e. The second-order valence-electron chi connectivity index (χ2n) is 6.62. The molecule has 8 heteroatoms. The SMILES string of the molecule is Cc1ccc(C(=O)Nc2ccccc2F)cc1S(=O)(=O)N1CCN(C)CC1. The van der Waals surface area contributed by atoms with E-state index in [1.807, 2.05) is 7.05 Å². The van der Waals surface area contributed by atoms with Gasteiger partial charge >= 0.3 is 0 Å². The number of hydrogen-bond donors (Lipinski definition) is 1. The molecule has 0 spiro atoms. The van der Waals surface area contributed by atoms with Gasteiger partial charge in [0.2, 0.25) is 10.0 Å². The van der Waals surface area contributed by atoms with Crippen LogP contribution in [0.15, 0.2) is 47.4 Å². The van der Waals surface area contributed by atoms with Gasteiger partial charge in [-0.3, -0.25) is 4.79 Å². The highest BCUT2D eigenvalue weighted by atomic mass is 32.2. The molecule has 1 saturated heterocycles. The third-order valence-corrected chi connectivity index (χ3v) is 6.69. The normalized spacial score (nSPS) is 16.3. The number of piperazine rings is 1. The van der Waals surface area contributed by atoms with E-state index in [-0.39, 0.29) is 16.1 Å². The van der Waals surface area contributed by atoms with Crippen LogP contribution >= 0.6 is 0 Å². The van der Waals surface area contributed by atoms with Crippen molar-refractivity contribution in [2.24, 2.45) is 0 Å². The van der Waals surface area contributed by atoms with Crippen molar-refractivity contribution in [3.63, 3.8) is 0 Å². The topological polar surface area (TPSA) is 69.7 Å². The summed E-state index contributed by atoms with van der Waals surface area (Å²) < 4.78 is 41.2. The lowest BCUT2D eigenvalue weighted by Crippen LogP contribution is -2.47. The third kappa shape index (κ3) is 4.18. The molecular weight excluding hydrogens is 369 g/mol. The number of hydrogen-bond acceptors (Lipinski definition) is 4. The van der Waals surface area contributed by atoms with Crippen LogP contribution in [0.5, 0.6) is 0 Å². The number of amides is 1. The Labute approximate surface area is 158 Å². The molecule has 1 fully saturated rings. The second-order valence-corrected chi connectivity index (χ2v) is 8.53. The number of anilines is 1. The molecule has 1 aliphatic heterocycles. The summed E-state index contributed by atoms with van der Waals surface area (Å²) >= 11 is 0. The predicted octanol–water partition coefficient (Wildman–Crippen LogP) is 2.32. The van der Waals surface area contributed by atoms with Crippen LogP contribution in [0.2, 0.25) is 0 Å². The van der Waals surface area contributed by atoms with Crippen molar-refractivity contribution in [2.75, 3.05) is 38.5 Å². The molecule has 0 atom stereocenters. The molecule has 2 aromatic rings. The van der Waals surface area contributed by atoms with Gasteiger partial charge in [0.1, 0.15) is 5.82 Å². The molecule has 0 unspecified atom stereocenters. The van der Waals surface area contributed by atoms with Crippen LogP contribution in [0.1, 0.15) is 15.9 Å². The van der Waals surface area contributed by atoms with E-state index in [1.54, 1.807) is 19.1 Å². The van der Waals surface area contributed by atoms with Gasteiger partial charge in [-0.25, -0.2) is 12.8 Å². The number of para-hydroxylation sites is 1. The molecule has 27 heavy (non-hydrogen) atoms. The minimum Gasteiger partial charge on any atom is -0.319 e. The average molecular weight is 391 g/mol. The Hall–Kier alpha value is -2.29. The van der Waals surface area contributed by atoms with Crippen molar-refractivity contribution in [1.82, 2.24) is 9.21 Å². The van der Waals surface area contributed by atoms with E-state index >= 15 is 0 Å². The van der Waals surface area contributed by atoms with Crippen LogP contribution < -0.4 is 5.32 Å². The zero-order chi connectivity index (χ0) is 19.6. The van der Waals surface area contributed by atoms with Gasteiger partial charge in [0, 0.05) is 31.7 Å². The van der Waals surface area contributed by atoms with Gasteiger partial charge in [0.05, 0.1) is 10.6 Å². The number of aryl methyl sites for hydroxylation is 1. The Balaban J connectivity index is 1.88. The fourth-order valence-corrected chi connectivity index (χ4v) is 4.62. The molecule has 0 radical (unpaired) electrons. The van der Waals surface area contributed by atoms with Crippen LogP contribution in [0.4, 0.5) is 10.1 Å². The summed E-state index contributed by atoms with van der Waals surface area (Å²) in [5.41, 5.74) is 0.777. The van der Waals surface area contributed by atoms with E-state index in [4.69, 9.17) is 0 Å². The van der Waals surface area contributed by atoms with Crippen molar-refractivity contribution in [2.45, 2.75) is 11.8 Å². The first-order chi connectivity index (χ1) is 12.8. The third-order valence-electron chi connectivity index (χ3n) is 4.65. The van der Waals surface area contributed by atoms with E-state index in [1.165, 1.54) is 34.6 Å². The first kappa shape index (κ1) is 19.5. The summed E-state index contributed by atoms with van der Waals surface area (Å²) in [5, 5.41) is 2.48. The van der Waals surface area contributed by atoms with E-state index in [0.717, 1.165) is 0 Å². The van der Waals surface area contributed by atoms with Crippen molar-refractivity contribution in [3.8, 4) is 0 Å². The maximum Gasteiger partial charge on any atom is 0.255 e. The van der Waals surface area contributed by atoms with Gasteiger partial charge in [-0.05, 0) is 43.8 Å².